The molecule has 24 heavy (non-hydrogen) atoms. The number of nitrogens with zero attached hydrogens (tertiary/aromatic N) is 2. The Bertz CT molecular complexity index is 904. The van der Waals surface area contributed by atoms with Crippen LogP contribution in [0.15, 0.2) is 54.9 Å². The first-order chi connectivity index (χ1) is 11.7. The van der Waals surface area contributed by atoms with E-state index in [9.17, 15) is 9.59 Å². The molecule has 1 unspecified atom stereocenters. The summed E-state index contributed by atoms with van der Waals surface area (Å²) in [5.74, 6) is -0.158. The maximum absolute atomic E-state index is 12.4. The SMILES string of the molecule is O=C(NC1CC(=O)N(c2ccccc2)C1)c1ccc2nc[nH]c2c1. The Morgan fingerprint density at radius 2 is 2.04 bits per heavy atom. The number of hydrogen-bond acceptors (Lipinski definition) is 3. The molecule has 4 rings (SSSR count). The Kier molecular flexibility index (Phi) is 3.49. The van der Waals surface area contributed by atoms with Gasteiger partial charge in [0.2, 0.25) is 5.91 Å². The minimum Gasteiger partial charge on any atom is -0.347 e. The van der Waals surface area contributed by atoms with Crippen molar-refractivity contribution in [2.24, 2.45) is 0 Å². The number of benzene rings is 2. The fraction of sp³-hybridized carbons (Fsp3) is 0.167. The normalized spacial score (nSPS) is 17.4. The zero-order chi connectivity index (χ0) is 16.5. The molecule has 2 amide bonds. The number of rotatable bonds is 3. The van der Waals surface area contributed by atoms with Crippen LogP contribution in [-0.2, 0) is 4.79 Å². The first-order valence-corrected chi connectivity index (χ1v) is 7.80. The van der Waals surface area contributed by atoms with Crippen molar-refractivity contribution in [1.29, 1.82) is 0 Å². The average molecular weight is 320 g/mol. The van der Waals surface area contributed by atoms with E-state index in [0.29, 0.717) is 18.5 Å². The molecule has 6 nitrogen and oxygen atoms in total. The minimum absolute atomic E-state index is 0.0236. The molecule has 0 saturated carbocycles. The van der Waals surface area contributed by atoms with Crippen LogP contribution < -0.4 is 10.2 Å². The van der Waals surface area contributed by atoms with E-state index < -0.39 is 0 Å². The first-order valence-electron chi connectivity index (χ1n) is 7.80. The van der Waals surface area contributed by atoms with Crippen molar-refractivity contribution in [3.05, 3.63) is 60.4 Å². The molecular formula is C18H16N4O2. The number of anilines is 1. The highest BCUT2D eigenvalue weighted by molar-refractivity contribution is 6.00. The van der Waals surface area contributed by atoms with E-state index in [1.54, 1.807) is 29.4 Å². The summed E-state index contributed by atoms with van der Waals surface area (Å²) in [7, 11) is 0. The van der Waals surface area contributed by atoms with Crippen LogP contribution in [-0.4, -0.2) is 34.4 Å². The molecule has 1 aromatic heterocycles. The van der Waals surface area contributed by atoms with Crippen LogP contribution in [0.1, 0.15) is 16.8 Å². The maximum Gasteiger partial charge on any atom is 0.251 e. The van der Waals surface area contributed by atoms with Crippen molar-refractivity contribution in [1.82, 2.24) is 15.3 Å². The quantitative estimate of drug-likeness (QED) is 0.776. The van der Waals surface area contributed by atoms with Gasteiger partial charge in [0.1, 0.15) is 0 Å². The van der Waals surface area contributed by atoms with Crippen LogP contribution in [0.4, 0.5) is 5.69 Å². The lowest BCUT2D eigenvalue weighted by atomic mass is 10.1. The Morgan fingerprint density at radius 3 is 2.88 bits per heavy atom. The Morgan fingerprint density at radius 1 is 1.21 bits per heavy atom. The summed E-state index contributed by atoms with van der Waals surface area (Å²) in [6, 6.07) is 14.6. The van der Waals surface area contributed by atoms with Crippen LogP contribution >= 0.6 is 0 Å². The second-order valence-corrected chi connectivity index (χ2v) is 5.85. The van der Waals surface area contributed by atoms with Crippen LogP contribution in [0.5, 0.6) is 0 Å². The van der Waals surface area contributed by atoms with E-state index in [0.717, 1.165) is 16.7 Å². The number of nitrogens with one attached hydrogen (secondary N) is 2. The molecule has 0 aliphatic carbocycles. The van der Waals surface area contributed by atoms with E-state index in [1.165, 1.54) is 0 Å². The molecule has 0 radical (unpaired) electrons. The Balaban J connectivity index is 1.47. The van der Waals surface area contributed by atoms with Crippen LogP contribution in [0.25, 0.3) is 11.0 Å². The third-order valence-electron chi connectivity index (χ3n) is 4.21. The van der Waals surface area contributed by atoms with Crippen LogP contribution in [0, 0.1) is 0 Å². The summed E-state index contributed by atoms with van der Waals surface area (Å²) < 4.78 is 0. The third-order valence-corrected chi connectivity index (χ3v) is 4.21. The topological polar surface area (TPSA) is 78.1 Å². The Hall–Kier alpha value is -3.15. The van der Waals surface area contributed by atoms with Gasteiger partial charge in [0.25, 0.3) is 5.91 Å². The van der Waals surface area contributed by atoms with Gasteiger partial charge < -0.3 is 15.2 Å². The summed E-state index contributed by atoms with van der Waals surface area (Å²) in [5.41, 5.74) is 3.05. The fourth-order valence-electron chi connectivity index (χ4n) is 3.01. The van der Waals surface area contributed by atoms with Crippen molar-refractivity contribution in [3.63, 3.8) is 0 Å². The number of aromatic nitrogens is 2. The molecule has 1 aliphatic heterocycles. The van der Waals surface area contributed by atoms with E-state index in [1.807, 2.05) is 30.3 Å². The molecule has 3 aromatic rings. The lowest BCUT2D eigenvalue weighted by Gasteiger charge is -2.17. The number of hydrogen-bond donors (Lipinski definition) is 2. The van der Waals surface area contributed by atoms with Gasteiger partial charge in [0.15, 0.2) is 0 Å². The molecule has 1 saturated heterocycles. The fourth-order valence-corrected chi connectivity index (χ4v) is 3.01. The predicted molar refractivity (Wildman–Crippen MR) is 90.8 cm³/mol. The van der Waals surface area contributed by atoms with Gasteiger partial charge in [-0.3, -0.25) is 9.59 Å². The molecule has 2 heterocycles. The number of carbonyl (C=O) groups is 2. The summed E-state index contributed by atoms with van der Waals surface area (Å²) in [4.78, 5) is 33.5. The standard InChI is InChI=1S/C18H16N4O2/c23-17-9-13(10-22(17)14-4-2-1-3-5-14)21-18(24)12-6-7-15-16(8-12)20-11-19-15/h1-8,11,13H,9-10H2,(H,19,20)(H,21,24). The highest BCUT2D eigenvalue weighted by atomic mass is 16.2. The van der Waals surface area contributed by atoms with Crippen molar-refractivity contribution in [3.8, 4) is 0 Å². The zero-order valence-electron chi connectivity index (χ0n) is 12.9. The third kappa shape index (κ3) is 2.62. The van der Waals surface area contributed by atoms with Gasteiger partial charge >= 0.3 is 0 Å². The molecule has 0 bridgehead atoms. The van der Waals surface area contributed by atoms with Gasteiger partial charge in [-0.05, 0) is 30.3 Å². The van der Waals surface area contributed by atoms with Crippen molar-refractivity contribution < 1.29 is 9.59 Å². The van der Waals surface area contributed by atoms with E-state index >= 15 is 0 Å². The average Bonchev–Trinajstić information content (AvgIpc) is 3.21. The lowest BCUT2D eigenvalue weighted by Crippen LogP contribution is -2.37. The summed E-state index contributed by atoms with van der Waals surface area (Å²) in [5, 5.41) is 2.95. The number of H-pyrrole nitrogens is 1. The summed E-state index contributed by atoms with van der Waals surface area (Å²) >= 11 is 0. The Labute approximate surface area is 138 Å². The lowest BCUT2D eigenvalue weighted by molar-refractivity contribution is -0.117. The molecule has 2 aromatic carbocycles. The summed E-state index contributed by atoms with van der Waals surface area (Å²) in [6.07, 6.45) is 1.91. The molecule has 1 aliphatic rings. The van der Waals surface area contributed by atoms with E-state index in [2.05, 4.69) is 15.3 Å². The van der Waals surface area contributed by atoms with Gasteiger partial charge in [-0.25, -0.2) is 4.98 Å². The number of carbonyl (C=O) groups excluding carboxylic acids is 2. The van der Waals surface area contributed by atoms with Crippen LogP contribution in [0.2, 0.25) is 0 Å². The van der Waals surface area contributed by atoms with Gasteiger partial charge in [0, 0.05) is 24.2 Å². The van der Waals surface area contributed by atoms with Crippen molar-refractivity contribution in [2.75, 3.05) is 11.4 Å². The zero-order valence-corrected chi connectivity index (χ0v) is 12.9. The molecule has 6 heteroatoms. The number of para-hydroxylation sites is 1. The summed E-state index contributed by atoms with van der Waals surface area (Å²) in [6.45, 7) is 0.487. The van der Waals surface area contributed by atoms with Gasteiger partial charge in [-0.2, -0.15) is 0 Å². The number of fused-ring (bicyclic) bond motifs is 1. The highest BCUT2D eigenvalue weighted by Crippen LogP contribution is 2.21. The van der Waals surface area contributed by atoms with Crippen molar-refractivity contribution in [2.45, 2.75) is 12.5 Å². The minimum atomic E-state index is -0.192. The molecule has 120 valence electrons. The monoisotopic (exact) mass is 320 g/mol. The van der Waals surface area contributed by atoms with E-state index in [-0.39, 0.29) is 17.9 Å². The number of aromatic amines is 1. The molecule has 1 fully saturated rings. The predicted octanol–water partition coefficient (Wildman–Crippen LogP) is 2.10. The maximum atomic E-state index is 12.4. The highest BCUT2D eigenvalue weighted by Gasteiger charge is 2.31. The number of amides is 2. The smallest absolute Gasteiger partial charge is 0.251 e. The van der Waals surface area contributed by atoms with Crippen molar-refractivity contribution >= 4 is 28.5 Å². The van der Waals surface area contributed by atoms with E-state index in [4.69, 9.17) is 0 Å². The van der Waals surface area contributed by atoms with Gasteiger partial charge in [-0.1, -0.05) is 18.2 Å². The first kappa shape index (κ1) is 14.4. The van der Waals surface area contributed by atoms with Crippen LogP contribution in [0.3, 0.4) is 0 Å². The second-order valence-electron chi connectivity index (χ2n) is 5.85. The molecule has 0 spiro atoms. The second kappa shape index (κ2) is 5.81. The largest absolute Gasteiger partial charge is 0.347 e. The molecule has 1 atom stereocenters. The van der Waals surface area contributed by atoms with Gasteiger partial charge in [-0.15, -0.1) is 0 Å². The molecule has 2 N–H and O–H groups in total. The number of imidazole rings is 1. The molecular weight excluding hydrogens is 304 g/mol. The van der Waals surface area contributed by atoms with Gasteiger partial charge in [0.05, 0.1) is 23.4 Å².